The number of amides is 1. The summed E-state index contributed by atoms with van der Waals surface area (Å²) in [6.45, 7) is 9.01. The highest BCUT2D eigenvalue weighted by Gasteiger charge is 2.14. The molecule has 0 spiro atoms. The molecule has 0 aliphatic carbocycles. The summed E-state index contributed by atoms with van der Waals surface area (Å²) in [5, 5.41) is 12.3. The van der Waals surface area contributed by atoms with Crippen LogP contribution >= 0.6 is 11.8 Å². The second-order valence-corrected chi connectivity index (χ2v) is 8.18. The highest BCUT2D eigenvalue weighted by molar-refractivity contribution is 7.98. The van der Waals surface area contributed by atoms with Crippen molar-refractivity contribution in [1.82, 2.24) is 25.1 Å². The summed E-state index contributed by atoms with van der Waals surface area (Å²) in [6.07, 6.45) is 3.80. The Morgan fingerprint density at radius 3 is 2.53 bits per heavy atom. The first-order valence-corrected chi connectivity index (χ1v) is 11.2. The second-order valence-electron chi connectivity index (χ2n) is 7.41. The smallest absolute Gasteiger partial charge is 0.251 e. The molecule has 0 radical (unpaired) electrons. The van der Waals surface area contributed by atoms with Crippen LogP contribution in [0.15, 0.2) is 35.6 Å². The van der Waals surface area contributed by atoms with Crippen LogP contribution in [0.2, 0.25) is 0 Å². The number of benzene rings is 1. The van der Waals surface area contributed by atoms with Crippen LogP contribution in [0.4, 0.5) is 5.82 Å². The molecule has 0 aliphatic rings. The van der Waals surface area contributed by atoms with Crippen LogP contribution in [0.1, 0.15) is 38.1 Å². The lowest BCUT2D eigenvalue weighted by atomic mass is 10.2. The van der Waals surface area contributed by atoms with Crippen LogP contribution in [-0.2, 0) is 6.54 Å². The van der Waals surface area contributed by atoms with E-state index in [0.717, 1.165) is 22.6 Å². The van der Waals surface area contributed by atoms with Gasteiger partial charge in [0, 0.05) is 18.2 Å². The fourth-order valence-corrected chi connectivity index (χ4v) is 3.27. The maximum atomic E-state index is 12.4. The zero-order valence-corrected chi connectivity index (χ0v) is 18.8. The number of nitrogens with zero attached hydrogens (tertiary/aromatic N) is 4. The molecule has 0 saturated carbocycles. The molecule has 2 aromatic heterocycles. The Morgan fingerprint density at radius 2 is 1.90 bits per heavy atom. The van der Waals surface area contributed by atoms with Crippen molar-refractivity contribution >= 4 is 34.5 Å². The Kier molecular flexibility index (Phi) is 7.15. The molecule has 8 nitrogen and oxygen atoms in total. The fourth-order valence-electron chi connectivity index (χ4n) is 2.91. The Labute approximate surface area is 180 Å². The van der Waals surface area contributed by atoms with E-state index in [1.807, 2.05) is 20.1 Å². The minimum Gasteiger partial charge on any atom is -0.491 e. The number of fused-ring (bicyclic) bond motifs is 1. The van der Waals surface area contributed by atoms with E-state index < -0.39 is 0 Å². The molecule has 3 rings (SSSR count). The Balaban J connectivity index is 1.66. The minimum absolute atomic E-state index is 0.0975. The largest absolute Gasteiger partial charge is 0.491 e. The zero-order chi connectivity index (χ0) is 21.7. The zero-order valence-electron chi connectivity index (χ0n) is 18.0. The normalized spacial score (nSPS) is 11.3. The Morgan fingerprint density at radius 1 is 1.17 bits per heavy atom. The lowest BCUT2D eigenvalue weighted by molar-refractivity contribution is 0.0952. The maximum Gasteiger partial charge on any atom is 0.251 e. The molecule has 30 heavy (non-hydrogen) atoms. The molecule has 3 aromatic rings. The summed E-state index contributed by atoms with van der Waals surface area (Å²) in [4.78, 5) is 21.6. The third kappa shape index (κ3) is 5.41. The SMILES string of the molecule is CSc1nc(NC(C)C)c2cnn(CCNC(=O)c3ccc(OC(C)C)cc3)c2n1. The fraction of sp³-hybridized carbons (Fsp3) is 0.429. The average molecular weight is 429 g/mol. The molecular formula is C21H28N6O2S. The number of rotatable bonds is 9. The van der Waals surface area contributed by atoms with Gasteiger partial charge in [0.25, 0.3) is 5.91 Å². The van der Waals surface area contributed by atoms with Crippen molar-refractivity contribution in [1.29, 1.82) is 0 Å². The number of anilines is 1. The van der Waals surface area contributed by atoms with Gasteiger partial charge < -0.3 is 15.4 Å². The summed E-state index contributed by atoms with van der Waals surface area (Å²) in [6, 6.07) is 7.38. The molecule has 1 aromatic carbocycles. The maximum absolute atomic E-state index is 12.4. The summed E-state index contributed by atoms with van der Waals surface area (Å²) >= 11 is 1.48. The summed E-state index contributed by atoms with van der Waals surface area (Å²) in [7, 11) is 0. The molecule has 0 aliphatic heterocycles. The van der Waals surface area contributed by atoms with Crippen LogP contribution in [0.25, 0.3) is 11.0 Å². The van der Waals surface area contributed by atoms with E-state index in [1.54, 1.807) is 35.1 Å². The van der Waals surface area contributed by atoms with E-state index in [4.69, 9.17) is 4.74 Å². The number of carbonyl (C=O) groups is 1. The standard InChI is InChI=1S/C21H28N6O2S/c1-13(2)24-18-17-12-23-27(19(17)26-21(25-18)30-5)11-10-22-20(28)15-6-8-16(9-7-15)29-14(3)4/h6-9,12-14H,10-11H2,1-5H3,(H,22,28)(H,24,25,26). The number of hydrogen-bond donors (Lipinski definition) is 2. The van der Waals surface area contributed by atoms with Gasteiger partial charge in [-0.05, 0) is 58.2 Å². The summed E-state index contributed by atoms with van der Waals surface area (Å²) in [5.41, 5.74) is 1.34. The third-order valence-corrected chi connectivity index (χ3v) is 4.73. The van der Waals surface area contributed by atoms with E-state index in [-0.39, 0.29) is 18.1 Å². The number of nitrogens with one attached hydrogen (secondary N) is 2. The quantitative estimate of drug-likeness (QED) is 0.397. The molecule has 0 unspecified atom stereocenters. The lowest BCUT2D eigenvalue weighted by Gasteiger charge is -2.12. The first-order valence-electron chi connectivity index (χ1n) is 9.96. The third-order valence-electron chi connectivity index (χ3n) is 4.18. The van der Waals surface area contributed by atoms with Gasteiger partial charge in [-0.25, -0.2) is 14.6 Å². The van der Waals surface area contributed by atoms with Crippen molar-refractivity contribution in [3.63, 3.8) is 0 Å². The number of aromatic nitrogens is 4. The van der Waals surface area contributed by atoms with Gasteiger partial charge in [-0.1, -0.05) is 11.8 Å². The molecule has 0 saturated heterocycles. The van der Waals surface area contributed by atoms with Crippen molar-refractivity contribution in [2.24, 2.45) is 0 Å². The van der Waals surface area contributed by atoms with Crippen molar-refractivity contribution in [3.05, 3.63) is 36.0 Å². The average Bonchev–Trinajstić information content (AvgIpc) is 3.10. The minimum atomic E-state index is -0.135. The Bertz CT molecular complexity index is 1000. The Hall–Kier alpha value is -2.81. The van der Waals surface area contributed by atoms with Gasteiger partial charge in [0.05, 0.1) is 24.2 Å². The second kappa shape index (κ2) is 9.80. The number of carbonyl (C=O) groups excluding carboxylic acids is 1. The molecule has 1 amide bonds. The van der Waals surface area contributed by atoms with E-state index in [2.05, 4.69) is 39.5 Å². The van der Waals surface area contributed by atoms with Crippen molar-refractivity contribution in [2.45, 2.75) is 51.5 Å². The van der Waals surface area contributed by atoms with Crippen LogP contribution in [0.3, 0.4) is 0 Å². The first kappa shape index (κ1) is 21.9. The molecule has 9 heteroatoms. The van der Waals surface area contributed by atoms with Gasteiger partial charge in [-0.2, -0.15) is 5.10 Å². The van der Waals surface area contributed by atoms with E-state index in [0.29, 0.717) is 23.8 Å². The van der Waals surface area contributed by atoms with Crippen LogP contribution in [0.5, 0.6) is 5.75 Å². The summed E-state index contributed by atoms with van der Waals surface area (Å²) < 4.78 is 7.40. The van der Waals surface area contributed by atoms with E-state index in [9.17, 15) is 4.79 Å². The van der Waals surface area contributed by atoms with Gasteiger partial charge in [-0.15, -0.1) is 0 Å². The van der Waals surface area contributed by atoms with Crippen LogP contribution < -0.4 is 15.4 Å². The molecule has 2 N–H and O–H groups in total. The van der Waals surface area contributed by atoms with Crippen LogP contribution in [-0.4, -0.2) is 50.6 Å². The molecular weight excluding hydrogens is 400 g/mol. The number of hydrogen-bond acceptors (Lipinski definition) is 7. The van der Waals surface area contributed by atoms with Crippen molar-refractivity contribution in [2.75, 3.05) is 18.1 Å². The first-order chi connectivity index (χ1) is 14.4. The predicted octanol–water partition coefficient (Wildman–Crippen LogP) is 3.59. The molecule has 0 bridgehead atoms. The highest BCUT2D eigenvalue weighted by atomic mass is 32.2. The monoisotopic (exact) mass is 428 g/mol. The topological polar surface area (TPSA) is 94.0 Å². The van der Waals surface area contributed by atoms with Crippen LogP contribution in [0, 0.1) is 0 Å². The van der Waals surface area contributed by atoms with Gasteiger partial charge in [-0.3, -0.25) is 4.79 Å². The van der Waals surface area contributed by atoms with Gasteiger partial charge in [0.2, 0.25) is 0 Å². The number of thioether (sulfide) groups is 1. The molecule has 2 heterocycles. The van der Waals surface area contributed by atoms with Crippen molar-refractivity contribution < 1.29 is 9.53 Å². The lowest BCUT2D eigenvalue weighted by Crippen LogP contribution is -2.27. The van der Waals surface area contributed by atoms with Crippen molar-refractivity contribution in [3.8, 4) is 5.75 Å². The predicted molar refractivity (Wildman–Crippen MR) is 120 cm³/mol. The van der Waals surface area contributed by atoms with Gasteiger partial charge >= 0.3 is 0 Å². The number of ether oxygens (including phenoxy) is 1. The van der Waals surface area contributed by atoms with Gasteiger partial charge in [0.15, 0.2) is 10.8 Å². The molecule has 0 atom stereocenters. The summed E-state index contributed by atoms with van der Waals surface area (Å²) in [5.74, 6) is 1.39. The molecule has 0 fully saturated rings. The van der Waals surface area contributed by atoms with E-state index in [1.165, 1.54) is 11.8 Å². The van der Waals surface area contributed by atoms with Gasteiger partial charge in [0.1, 0.15) is 11.6 Å². The molecule has 160 valence electrons. The van der Waals surface area contributed by atoms with E-state index >= 15 is 0 Å². The highest BCUT2D eigenvalue weighted by Crippen LogP contribution is 2.24.